The second-order valence-corrected chi connectivity index (χ2v) is 2.62. The Morgan fingerprint density at radius 3 is 2.92 bits per heavy atom. The van der Waals surface area contributed by atoms with Gasteiger partial charge in [0.25, 0.3) is 0 Å². The summed E-state index contributed by atoms with van der Waals surface area (Å²) in [5.41, 5.74) is 0. The van der Waals surface area contributed by atoms with E-state index >= 15 is 0 Å². The molecule has 1 rings (SSSR count). The first-order valence-electron chi connectivity index (χ1n) is 4.05. The van der Waals surface area contributed by atoms with Crippen molar-refractivity contribution in [1.29, 1.82) is 0 Å². The van der Waals surface area contributed by atoms with E-state index < -0.39 is 12.1 Å². The minimum absolute atomic E-state index is 0.116. The standard InChI is InChI=1S/C9H12O4/c1-3-6(10)7-4-5-8(13-7)9(11)12-2/h4-6,10H,3H2,1-2H3. The Morgan fingerprint density at radius 2 is 2.38 bits per heavy atom. The molecule has 1 aromatic heterocycles. The zero-order valence-corrected chi connectivity index (χ0v) is 7.61. The third kappa shape index (κ3) is 2.09. The SMILES string of the molecule is CCC(O)c1ccc(C(=O)OC)o1. The maximum atomic E-state index is 10.9. The molecule has 0 aromatic carbocycles. The van der Waals surface area contributed by atoms with Crippen molar-refractivity contribution in [3.05, 3.63) is 23.7 Å². The Labute approximate surface area is 76.1 Å². The number of hydrogen-bond donors (Lipinski definition) is 1. The summed E-state index contributed by atoms with van der Waals surface area (Å²) in [6.07, 6.45) is -0.105. The molecule has 0 aliphatic heterocycles. The van der Waals surface area contributed by atoms with Gasteiger partial charge in [-0.05, 0) is 18.6 Å². The minimum atomic E-state index is -0.654. The van der Waals surface area contributed by atoms with Gasteiger partial charge in [-0.1, -0.05) is 6.92 Å². The van der Waals surface area contributed by atoms with Crippen LogP contribution in [0.1, 0.15) is 35.8 Å². The molecule has 1 N–H and O–H groups in total. The van der Waals surface area contributed by atoms with E-state index in [0.29, 0.717) is 12.2 Å². The minimum Gasteiger partial charge on any atom is -0.463 e. The van der Waals surface area contributed by atoms with Crippen LogP contribution in [-0.2, 0) is 4.74 Å². The van der Waals surface area contributed by atoms with Crippen LogP contribution in [0.2, 0.25) is 0 Å². The summed E-state index contributed by atoms with van der Waals surface area (Å²) in [4.78, 5) is 10.9. The summed E-state index contributed by atoms with van der Waals surface area (Å²) in [5, 5.41) is 9.35. The van der Waals surface area contributed by atoms with Crippen molar-refractivity contribution in [3.63, 3.8) is 0 Å². The number of carbonyl (C=O) groups excluding carboxylic acids is 1. The van der Waals surface area contributed by atoms with Gasteiger partial charge in [-0.25, -0.2) is 4.79 Å². The van der Waals surface area contributed by atoms with Gasteiger partial charge >= 0.3 is 5.97 Å². The fourth-order valence-corrected chi connectivity index (χ4v) is 0.943. The third-order valence-electron chi connectivity index (χ3n) is 1.73. The van der Waals surface area contributed by atoms with E-state index in [4.69, 9.17) is 4.42 Å². The number of aliphatic hydroxyl groups is 1. The number of hydrogen-bond acceptors (Lipinski definition) is 4. The molecule has 1 unspecified atom stereocenters. The summed E-state index contributed by atoms with van der Waals surface area (Å²) in [5.74, 6) is -0.0255. The topological polar surface area (TPSA) is 59.7 Å². The first kappa shape index (κ1) is 9.80. The summed E-state index contributed by atoms with van der Waals surface area (Å²) in [6, 6.07) is 3.06. The van der Waals surface area contributed by atoms with Crippen LogP contribution in [0.3, 0.4) is 0 Å². The molecule has 1 atom stereocenters. The average Bonchev–Trinajstić information content (AvgIpc) is 2.64. The lowest BCUT2D eigenvalue weighted by Gasteiger charge is -2.01. The Morgan fingerprint density at radius 1 is 1.69 bits per heavy atom. The van der Waals surface area contributed by atoms with Crippen molar-refractivity contribution in [2.24, 2.45) is 0 Å². The summed E-state index contributed by atoms with van der Waals surface area (Å²) in [7, 11) is 1.28. The first-order chi connectivity index (χ1) is 6.19. The Kier molecular flexibility index (Phi) is 3.08. The number of furan rings is 1. The molecule has 72 valence electrons. The number of carbonyl (C=O) groups is 1. The normalized spacial score (nSPS) is 12.5. The number of rotatable bonds is 3. The van der Waals surface area contributed by atoms with Gasteiger partial charge in [-0.15, -0.1) is 0 Å². The quantitative estimate of drug-likeness (QED) is 0.723. The molecule has 1 heterocycles. The van der Waals surface area contributed by atoms with Crippen LogP contribution in [0.25, 0.3) is 0 Å². The van der Waals surface area contributed by atoms with E-state index in [1.54, 1.807) is 6.07 Å². The van der Waals surface area contributed by atoms with Crippen LogP contribution in [0.5, 0.6) is 0 Å². The molecule has 0 spiro atoms. The van der Waals surface area contributed by atoms with Crippen LogP contribution in [0, 0.1) is 0 Å². The smallest absolute Gasteiger partial charge is 0.373 e. The third-order valence-corrected chi connectivity index (χ3v) is 1.73. The predicted octanol–water partition coefficient (Wildman–Crippen LogP) is 1.51. The number of esters is 1. The second kappa shape index (κ2) is 4.09. The van der Waals surface area contributed by atoms with E-state index in [2.05, 4.69) is 4.74 Å². The lowest BCUT2D eigenvalue weighted by molar-refractivity contribution is 0.0554. The highest BCUT2D eigenvalue weighted by molar-refractivity contribution is 5.86. The van der Waals surface area contributed by atoms with Crippen LogP contribution >= 0.6 is 0 Å². The summed E-state index contributed by atoms with van der Waals surface area (Å²) in [6.45, 7) is 1.82. The molecular formula is C9H12O4. The lowest BCUT2D eigenvalue weighted by atomic mass is 10.2. The molecule has 0 saturated heterocycles. The van der Waals surface area contributed by atoms with Crippen LogP contribution in [0.15, 0.2) is 16.5 Å². The van der Waals surface area contributed by atoms with Crippen LogP contribution in [-0.4, -0.2) is 18.2 Å². The van der Waals surface area contributed by atoms with Gasteiger partial charge in [0.1, 0.15) is 11.9 Å². The molecule has 4 nitrogen and oxygen atoms in total. The predicted molar refractivity (Wildman–Crippen MR) is 45.3 cm³/mol. The molecule has 0 aliphatic carbocycles. The molecular weight excluding hydrogens is 172 g/mol. The molecule has 0 bridgehead atoms. The number of ether oxygens (including phenoxy) is 1. The van der Waals surface area contributed by atoms with Crippen molar-refractivity contribution in [3.8, 4) is 0 Å². The van der Waals surface area contributed by atoms with Crippen LogP contribution in [0.4, 0.5) is 0 Å². The molecule has 0 saturated carbocycles. The van der Waals surface area contributed by atoms with Gasteiger partial charge in [-0.3, -0.25) is 0 Å². The van der Waals surface area contributed by atoms with E-state index in [0.717, 1.165) is 0 Å². The van der Waals surface area contributed by atoms with E-state index in [1.807, 2.05) is 6.92 Å². The highest BCUT2D eigenvalue weighted by Crippen LogP contribution is 2.19. The number of aliphatic hydroxyl groups excluding tert-OH is 1. The first-order valence-corrected chi connectivity index (χ1v) is 4.05. The zero-order valence-electron chi connectivity index (χ0n) is 7.61. The number of methoxy groups -OCH3 is 1. The Hall–Kier alpha value is -1.29. The van der Waals surface area contributed by atoms with Crippen molar-refractivity contribution in [2.75, 3.05) is 7.11 Å². The van der Waals surface area contributed by atoms with E-state index in [9.17, 15) is 9.90 Å². The zero-order chi connectivity index (χ0) is 9.84. The lowest BCUT2D eigenvalue weighted by Crippen LogP contribution is -1.99. The van der Waals surface area contributed by atoms with Gasteiger partial charge < -0.3 is 14.3 Å². The fourth-order valence-electron chi connectivity index (χ4n) is 0.943. The molecule has 0 aliphatic rings. The fraction of sp³-hybridized carbons (Fsp3) is 0.444. The molecule has 0 fully saturated rings. The van der Waals surface area contributed by atoms with Gasteiger partial charge in [0, 0.05) is 0 Å². The van der Waals surface area contributed by atoms with Crippen molar-refractivity contribution in [2.45, 2.75) is 19.4 Å². The largest absolute Gasteiger partial charge is 0.463 e. The van der Waals surface area contributed by atoms with Gasteiger partial charge in [0.15, 0.2) is 0 Å². The maximum absolute atomic E-state index is 10.9. The van der Waals surface area contributed by atoms with Crippen molar-refractivity contribution < 1.29 is 19.1 Å². The Bertz CT molecular complexity index is 290. The monoisotopic (exact) mass is 184 g/mol. The van der Waals surface area contributed by atoms with Crippen molar-refractivity contribution >= 4 is 5.97 Å². The van der Waals surface area contributed by atoms with Gasteiger partial charge in [0.2, 0.25) is 5.76 Å². The average molecular weight is 184 g/mol. The summed E-state index contributed by atoms with van der Waals surface area (Å²) < 4.78 is 9.51. The highest BCUT2D eigenvalue weighted by Gasteiger charge is 2.14. The molecule has 0 radical (unpaired) electrons. The molecule has 13 heavy (non-hydrogen) atoms. The van der Waals surface area contributed by atoms with Crippen molar-refractivity contribution in [1.82, 2.24) is 0 Å². The molecule has 0 amide bonds. The molecule has 1 aromatic rings. The van der Waals surface area contributed by atoms with E-state index in [1.165, 1.54) is 13.2 Å². The summed E-state index contributed by atoms with van der Waals surface area (Å²) >= 11 is 0. The van der Waals surface area contributed by atoms with Gasteiger partial charge in [0.05, 0.1) is 7.11 Å². The Balaban J connectivity index is 2.80. The van der Waals surface area contributed by atoms with Crippen LogP contribution < -0.4 is 0 Å². The highest BCUT2D eigenvalue weighted by atomic mass is 16.5. The van der Waals surface area contributed by atoms with Gasteiger partial charge in [-0.2, -0.15) is 0 Å². The maximum Gasteiger partial charge on any atom is 0.373 e. The second-order valence-electron chi connectivity index (χ2n) is 2.62. The van der Waals surface area contributed by atoms with E-state index in [-0.39, 0.29) is 5.76 Å². The molecule has 4 heteroatoms.